The normalized spacial score (nSPS) is 12.0. The van der Waals surface area contributed by atoms with E-state index in [2.05, 4.69) is 50.3 Å². The third-order valence-corrected chi connectivity index (χ3v) is 6.08. The Labute approximate surface area is 182 Å². The van der Waals surface area contributed by atoms with Crippen molar-refractivity contribution in [3.05, 3.63) is 87.3 Å². The van der Waals surface area contributed by atoms with Crippen LogP contribution in [0.4, 0.5) is 5.82 Å². The molecule has 0 aliphatic heterocycles. The Morgan fingerprint density at radius 3 is 2.57 bits per heavy atom. The number of hydrogen-bond acceptors (Lipinski definition) is 4. The molecule has 0 aliphatic carbocycles. The summed E-state index contributed by atoms with van der Waals surface area (Å²) in [7, 11) is 0. The van der Waals surface area contributed by atoms with Crippen molar-refractivity contribution >= 4 is 39.8 Å². The summed E-state index contributed by atoms with van der Waals surface area (Å²) in [6.07, 6.45) is 0. The van der Waals surface area contributed by atoms with Crippen molar-refractivity contribution in [2.45, 2.75) is 13.8 Å². The molecule has 0 saturated carbocycles. The molecule has 148 valence electrons. The molecule has 0 bridgehead atoms. The number of para-hydroxylation sites is 1. The summed E-state index contributed by atoms with van der Waals surface area (Å²) in [5.74, 6) is 0.619. The Morgan fingerprint density at radius 1 is 1.03 bits per heavy atom. The first-order valence-corrected chi connectivity index (χ1v) is 10.7. The van der Waals surface area contributed by atoms with E-state index >= 15 is 0 Å². The molecule has 30 heavy (non-hydrogen) atoms. The maximum atomic E-state index is 6.09. The van der Waals surface area contributed by atoms with Crippen LogP contribution in [0.1, 0.15) is 11.4 Å². The molecule has 1 N–H and O–H groups in total. The average molecular weight is 432 g/mol. The first kappa shape index (κ1) is 18.8. The smallest absolute Gasteiger partial charge is 0.196 e. The van der Waals surface area contributed by atoms with Crippen molar-refractivity contribution < 1.29 is 0 Å². The minimum absolute atomic E-state index is 0.619. The molecule has 0 amide bonds. The fourth-order valence-corrected chi connectivity index (χ4v) is 4.53. The largest absolute Gasteiger partial charge is 0.290 e. The number of nitrogens with zero attached hydrogens (tertiary/aromatic N) is 4. The lowest BCUT2D eigenvalue weighted by Crippen LogP contribution is -2.13. The molecule has 0 radical (unpaired) electrons. The SMILES string of the molecule is Cc1cc(-c2ccc(Cl)cc2)c2c(N=c3scc(C)n3-c3ccccc3)n[nH]c2n1. The van der Waals surface area contributed by atoms with Crippen LogP contribution in [-0.4, -0.2) is 19.7 Å². The molecule has 5 rings (SSSR count). The van der Waals surface area contributed by atoms with Crippen molar-refractivity contribution in [2.75, 3.05) is 0 Å². The van der Waals surface area contributed by atoms with Crippen molar-refractivity contribution in [3.63, 3.8) is 0 Å². The van der Waals surface area contributed by atoms with Gasteiger partial charge in [-0.05, 0) is 55.3 Å². The number of nitrogens with one attached hydrogen (secondary N) is 1. The number of H-pyrrole nitrogens is 1. The number of rotatable bonds is 3. The summed E-state index contributed by atoms with van der Waals surface area (Å²) in [4.78, 5) is 10.4. The number of thiazole rings is 1. The average Bonchev–Trinajstić information content (AvgIpc) is 3.32. The Kier molecular flexibility index (Phi) is 4.73. The van der Waals surface area contributed by atoms with E-state index in [0.717, 1.165) is 44.0 Å². The van der Waals surface area contributed by atoms with Gasteiger partial charge in [-0.3, -0.25) is 9.67 Å². The van der Waals surface area contributed by atoms with Gasteiger partial charge < -0.3 is 0 Å². The lowest BCUT2D eigenvalue weighted by molar-refractivity contribution is 0.946. The van der Waals surface area contributed by atoms with Gasteiger partial charge in [0.15, 0.2) is 16.3 Å². The highest BCUT2D eigenvalue weighted by atomic mass is 35.5. The Hall–Kier alpha value is -3.22. The predicted octanol–water partition coefficient (Wildman–Crippen LogP) is 5.98. The molecule has 0 spiro atoms. The zero-order chi connectivity index (χ0) is 20.7. The number of aryl methyl sites for hydroxylation is 2. The van der Waals surface area contributed by atoms with Crippen molar-refractivity contribution in [2.24, 2.45) is 4.99 Å². The third-order valence-electron chi connectivity index (χ3n) is 4.89. The molecule has 7 heteroatoms. The second-order valence-corrected chi connectivity index (χ2v) is 8.30. The number of aromatic nitrogens is 4. The lowest BCUT2D eigenvalue weighted by Gasteiger charge is -2.07. The summed E-state index contributed by atoms with van der Waals surface area (Å²) in [6, 6.07) is 20.1. The van der Waals surface area contributed by atoms with E-state index < -0.39 is 0 Å². The molecule has 5 nitrogen and oxygen atoms in total. The van der Waals surface area contributed by atoms with Gasteiger partial charge in [0, 0.05) is 27.5 Å². The van der Waals surface area contributed by atoms with E-state index in [1.54, 1.807) is 11.3 Å². The Balaban J connectivity index is 1.76. The monoisotopic (exact) mass is 431 g/mol. The maximum Gasteiger partial charge on any atom is 0.196 e. The van der Waals surface area contributed by atoms with Gasteiger partial charge in [-0.1, -0.05) is 41.9 Å². The van der Waals surface area contributed by atoms with Gasteiger partial charge in [0.1, 0.15) is 0 Å². The summed E-state index contributed by atoms with van der Waals surface area (Å²) in [5, 5.41) is 11.2. The van der Waals surface area contributed by atoms with E-state index in [1.807, 2.05) is 49.4 Å². The number of halogens is 1. The van der Waals surface area contributed by atoms with Gasteiger partial charge in [0.2, 0.25) is 0 Å². The summed E-state index contributed by atoms with van der Waals surface area (Å²) < 4.78 is 2.13. The molecule has 2 aromatic carbocycles. The number of hydrogen-bond donors (Lipinski definition) is 1. The first-order valence-electron chi connectivity index (χ1n) is 9.49. The Morgan fingerprint density at radius 2 is 1.80 bits per heavy atom. The van der Waals surface area contributed by atoms with Gasteiger partial charge in [-0.15, -0.1) is 11.3 Å². The summed E-state index contributed by atoms with van der Waals surface area (Å²) in [5.41, 5.74) is 5.90. The molecule has 5 aromatic rings. The van der Waals surface area contributed by atoms with Gasteiger partial charge in [0.05, 0.1) is 5.39 Å². The molecule has 3 aromatic heterocycles. The highest BCUT2D eigenvalue weighted by Crippen LogP contribution is 2.34. The lowest BCUT2D eigenvalue weighted by atomic mass is 10.0. The molecule has 0 atom stereocenters. The quantitative estimate of drug-likeness (QED) is 0.382. The molecular weight excluding hydrogens is 414 g/mol. The fourth-order valence-electron chi connectivity index (χ4n) is 3.53. The van der Waals surface area contributed by atoms with Crippen LogP contribution in [0.25, 0.3) is 27.8 Å². The summed E-state index contributed by atoms with van der Waals surface area (Å²) in [6.45, 7) is 4.05. The fraction of sp³-hybridized carbons (Fsp3) is 0.0870. The van der Waals surface area contributed by atoms with Crippen LogP contribution in [-0.2, 0) is 0 Å². The van der Waals surface area contributed by atoms with Crippen molar-refractivity contribution in [1.82, 2.24) is 19.7 Å². The highest BCUT2D eigenvalue weighted by molar-refractivity contribution is 7.07. The second kappa shape index (κ2) is 7.55. The van der Waals surface area contributed by atoms with Crippen LogP contribution in [0.15, 0.2) is 71.0 Å². The van der Waals surface area contributed by atoms with Crippen LogP contribution < -0.4 is 4.80 Å². The number of pyridine rings is 1. The van der Waals surface area contributed by atoms with E-state index in [-0.39, 0.29) is 0 Å². The predicted molar refractivity (Wildman–Crippen MR) is 123 cm³/mol. The molecule has 0 fully saturated rings. The van der Waals surface area contributed by atoms with Gasteiger partial charge >= 0.3 is 0 Å². The maximum absolute atomic E-state index is 6.09. The standard InChI is InChI=1S/C23H18ClN5S/c1-14-12-19(16-8-10-17(24)11-9-16)20-21(25-14)27-28-22(20)26-23-29(15(2)13-30-23)18-6-4-3-5-7-18/h3-13H,1-2H3,(H,25,27,28). The molecule has 0 aliphatic rings. The number of benzene rings is 2. The van der Waals surface area contributed by atoms with Crippen LogP contribution in [0.5, 0.6) is 0 Å². The number of aromatic amines is 1. The van der Waals surface area contributed by atoms with E-state index in [1.165, 1.54) is 0 Å². The van der Waals surface area contributed by atoms with Crippen LogP contribution >= 0.6 is 22.9 Å². The van der Waals surface area contributed by atoms with E-state index in [0.29, 0.717) is 10.8 Å². The molecule has 3 heterocycles. The van der Waals surface area contributed by atoms with Gasteiger partial charge in [-0.2, -0.15) is 10.1 Å². The van der Waals surface area contributed by atoms with Gasteiger partial charge in [0.25, 0.3) is 0 Å². The molecule has 0 unspecified atom stereocenters. The topological polar surface area (TPSA) is 58.9 Å². The van der Waals surface area contributed by atoms with Crippen LogP contribution in [0, 0.1) is 13.8 Å². The third kappa shape index (κ3) is 3.34. The minimum atomic E-state index is 0.619. The molecular formula is C23H18ClN5S. The Bertz CT molecular complexity index is 1410. The zero-order valence-corrected chi connectivity index (χ0v) is 18.0. The number of fused-ring (bicyclic) bond motifs is 1. The van der Waals surface area contributed by atoms with Crippen LogP contribution in [0.2, 0.25) is 5.02 Å². The summed E-state index contributed by atoms with van der Waals surface area (Å²) >= 11 is 7.68. The second-order valence-electron chi connectivity index (χ2n) is 7.03. The van der Waals surface area contributed by atoms with E-state index in [9.17, 15) is 0 Å². The van der Waals surface area contributed by atoms with E-state index in [4.69, 9.17) is 16.6 Å². The highest BCUT2D eigenvalue weighted by Gasteiger charge is 2.15. The van der Waals surface area contributed by atoms with Crippen molar-refractivity contribution in [3.8, 4) is 16.8 Å². The van der Waals surface area contributed by atoms with Gasteiger partial charge in [-0.25, -0.2) is 4.98 Å². The zero-order valence-electron chi connectivity index (χ0n) is 16.4. The minimum Gasteiger partial charge on any atom is -0.290 e. The first-order chi connectivity index (χ1) is 14.6. The molecule has 0 saturated heterocycles. The van der Waals surface area contributed by atoms with Crippen LogP contribution in [0.3, 0.4) is 0 Å². The van der Waals surface area contributed by atoms with Crippen molar-refractivity contribution in [1.29, 1.82) is 0 Å².